The molecule has 0 spiro atoms. The van der Waals surface area contributed by atoms with Crippen molar-refractivity contribution >= 4 is 5.97 Å². The fourth-order valence-electron chi connectivity index (χ4n) is 2.36. The molecule has 22 heavy (non-hydrogen) atoms. The highest BCUT2D eigenvalue weighted by Crippen LogP contribution is 2.28. The van der Waals surface area contributed by atoms with Crippen molar-refractivity contribution in [2.75, 3.05) is 20.8 Å². The zero-order valence-corrected chi connectivity index (χ0v) is 13.6. The maximum absolute atomic E-state index is 11.9. The van der Waals surface area contributed by atoms with Crippen LogP contribution in [0.15, 0.2) is 35.5 Å². The quantitative estimate of drug-likeness (QED) is 0.847. The number of hydrogen-bond acceptors (Lipinski definition) is 5. The number of rotatable bonds is 5. The highest BCUT2D eigenvalue weighted by molar-refractivity contribution is 5.89. The lowest BCUT2D eigenvalue weighted by Gasteiger charge is -2.33. The molecule has 1 aliphatic rings. The van der Waals surface area contributed by atoms with Gasteiger partial charge in [-0.05, 0) is 31.5 Å². The van der Waals surface area contributed by atoms with Crippen LogP contribution in [-0.4, -0.2) is 32.4 Å². The molecule has 2 rings (SSSR count). The molecule has 0 atom stereocenters. The number of hydrogen-bond donors (Lipinski definition) is 1. The van der Waals surface area contributed by atoms with Gasteiger partial charge in [-0.1, -0.05) is 12.1 Å². The highest BCUT2D eigenvalue weighted by atomic mass is 16.5. The predicted molar refractivity (Wildman–Crippen MR) is 83.5 cm³/mol. The maximum atomic E-state index is 11.9. The third-order valence-electron chi connectivity index (χ3n) is 3.67. The number of esters is 1. The van der Waals surface area contributed by atoms with E-state index in [9.17, 15) is 4.79 Å². The molecule has 5 heteroatoms. The van der Waals surface area contributed by atoms with Gasteiger partial charge in [0.15, 0.2) is 0 Å². The zero-order chi connectivity index (χ0) is 16.2. The Balaban J connectivity index is 2.11. The van der Waals surface area contributed by atoms with Crippen LogP contribution < -0.4 is 10.1 Å². The summed E-state index contributed by atoms with van der Waals surface area (Å²) in [6, 6.07) is 7.82. The van der Waals surface area contributed by atoms with Crippen LogP contribution in [-0.2, 0) is 20.8 Å². The smallest absolute Gasteiger partial charge is 0.337 e. The first-order valence-electron chi connectivity index (χ1n) is 7.26. The topological polar surface area (TPSA) is 56.8 Å². The van der Waals surface area contributed by atoms with Crippen LogP contribution in [0.3, 0.4) is 0 Å². The summed E-state index contributed by atoms with van der Waals surface area (Å²) >= 11 is 0. The molecule has 0 bridgehead atoms. The Morgan fingerprint density at radius 2 is 1.95 bits per heavy atom. The molecule has 1 N–H and O–H groups in total. The van der Waals surface area contributed by atoms with Gasteiger partial charge >= 0.3 is 5.97 Å². The van der Waals surface area contributed by atoms with Gasteiger partial charge in [0.05, 0.1) is 32.0 Å². The molecule has 0 saturated carbocycles. The Morgan fingerprint density at radius 1 is 1.27 bits per heavy atom. The molecule has 5 nitrogen and oxygen atoms in total. The Hall–Kier alpha value is -2.01. The van der Waals surface area contributed by atoms with Gasteiger partial charge in [-0.15, -0.1) is 0 Å². The minimum Gasteiger partial charge on any atom is -0.497 e. The minimum atomic E-state index is -0.340. The average Bonchev–Trinajstić information content (AvgIpc) is 2.52. The third-order valence-corrected chi connectivity index (χ3v) is 3.67. The second-order valence-electron chi connectivity index (χ2n) is 5.88. The summed E-state index contributed by atoms with van der Waals surface area (Å²) in [7, 11) is 3.03. The van der Waals surface area contributed by atoms with E-state index in [-0.39, 0.29) is 18.2 Å². The number of benzene rings is 1. The van der Waals surface area contributed by atoms with Crippen molar-refractivity contribution in [2.45, 2.75) is 32.4 Å². The Kier molecular flexibility index (Phi) is 5.08. The number of carbonyl (C=O) groups is 1. The summed E-state index contributed by atoms with van der Waals surface area (Å²) in [6.07, 6.45) is 0.646. The van der Waals surface area contributed by atoms with Gasteiger partial charge in [-0.25, -0.2) is 4.79 Å². The van der Waals surface area contributed by atoms with E-state index >= 15 is 0 Å². The SMILES string of the molecule is COC(=O)C1=C(NCc2ccc(OC)cc2)CC(C)(C)OC1. The van der Waals surface area contributed by atoms with E-state index in [0.717, 1.165) is 17.0 Å². The van der Waals surface area contributed by atoms with Gasteiger partial charge in [0.1, 0.15) is 5.75 Å². The van der Waals surface area contributed by atoms with Gasteiger partial charge in [0, 0.05) is 18.7 Å². The summed E-state index contributed by atoms with van der Waals surface area (Å²) in [6.45, 7) is 4.92. The van der Waals surface area contributed by atoms with Crippen LogP contribution in [0.2, 0.25) is 0 Å². The number of methoxy groups -OCH3 is 2. The molecule has 0 radical (unpaired) electrons. The minimum absolute atomic E-state index is 0.268. The summed E-state index contributed by atoms with van der Waals surface area (Å²) < 4.78 is 15.7. The molecular formula is C17H23NO4. The molecule has 1 heterocycles. The van der Waals surface area contributed by atoms with Gasteiger partial charge in [0.2, 0.25) is 0 Å². The molecule has 0 unspecified atom stereocenters. The molecule has 0 saturated heterocycles. The van der Waals surface area contributed by atoms with E-state index < -0.39 is 0 Å². The van der Waals surface area contributed by atoms with Crippen LogP contribution in [0.1, 0.15) is 25.8 Å². The van der Waals surface area contributed by atoms with Gasteiger partial charge < -0.3 is 19.5 Å². The molecule has 120 valence electrons. The van der Waals surface area contributed by atoms with Crippen molar-refractivity contribution in [1.82, 2.24) is 5.32 Å². The van der Waals surface area contributed by atoms with Crippen molar-refractivity contribution in [3.8, 4) is 5.75 Å². The zero-order valence-electron chi connectivity index (χ0n) is 13.6. The van der Waals surface area contributed by atoms with E-state index in [4.69, 9.17) is 14.2 Å². The van der Waals surface area contributed by atoms with Crippen molar-refractivity contribution in [3.05, 3.63) is 41.1 Å². The van der Waals surface area contributed by atoms with Crippen LogP contribution in [0.4, 0.5) is 0 Å². The van der Waals surface area contributed by atoms with E-state index in [1.54, 1.807) is 7.11 Å². The molecular weight excluding hydrogens is 282 g/mol. The van der Waals surface area contributed by atoms with Crippen molar-refractivity contribution in [3.63, 3.8) is 0 Å². The molecule has 0 aliphatic carbocycles. The molecule has 1 aromatic carbocycles. The van der Waals surface area contributed by atoms with Crippen molar-refractivity contribution < 1.29 is 19.0 Å². The van der Waals surface area contributed by atoms with Crippen LogP contribution in [0.5, 0.6) is 5.75 Å². The second-order valence-corrected chi connectivity index (χ2v) is 5.88. The first kappa shape index (κ1) is 16.4. The maximum Gasteiger partial charge on any atom is 0.337 e. The lowest BCUT2D eigenvalue weighted by atomic mass is 9.96. The lowest BCUT2D eigenvalue weighted by Crippen LogP contribution is -2.37. The average molecular weight is 305 g/mol. The summed E-state index contributed by atoms with van der Waals surface area (Å²) in [5.74, 6) is 0.484. The first-order chi connectivity index (χ1) is 10.4. The van der Waals surface area contributed by atoms with E-state index in [1.807, 2.05) is 38.1 Å². The third kappa shape index (κ3) is 4.01. The van der Waals surface area contributed by atoms with Gasteiger partial charge in [-0.2, -0.15) is 0 Å². The number of nitrogens with one attached hydrogen (secondary N) is 1. The highest BCUT2D eigenvalue weighted by Gasteiger charge is 2.31. The molecule has 0 fully saturated rings. The second kappa shape index (κ2) is 6.83. The Labute approximate surface area is 131 Å². The number of ether oxygens (including phenoxy) is 3. The van der Waals surface area contributed by atoms with Gasteiger partial charge in [-0.3, -0.25) is 0 Å². The summed E-state index contributed by atoms with van der Waals surface area (Å²) in [5.41, 5.74) is 2.27. The molecule has 0 amide bonds. The Bertz CT molecular complexity index is 561. The summed E-state index contributed by atoms with van der Waals surface area (Å²) in [5, 5.41) is 3.35. The Morgan fingerprint density at radius 3 is 2.55 bits per heavy atom. The van der Waals surface area contributed by atoms with E-state index in [0.29, 0.717) is 18.5 Å². The van der Waals surface area contributed by atoms with E-state index in [1.165, 1.54) is 7.11 Å². The molecule has 0 aromatic heterocycles. The van der Waals surface area contributed by atoms with Crippen LogP contribution in [0.25, 0.3) is 0 Å². The van der Waals surface area contributed by atoms with Crippen LogP contribution in [0, 0.1) is 0 Å². The normalized spacial score (nSPS) is 17.1. The van der Waals surface area contributed by atoms with Crippen molar-refractivity contribution in [1.29, 1.82) is 0 Å². The van der Waals surface area contributed by atoms with Gasteiger partial charge in [0.25, 0.3) is 0 Å². The van der Waals surface area contributed by atoms with Crippen molar-refractivity contribution in [2.24, 2.45) is 0 Å². The molecule has 1 aliphatic heterocycles. The summed E-state index contributed by atoms with van der Waals surface area (Å²) in [4.78, 5) is 11.9. The number of carbonyl (C=O) groups excluding carboxylic acids is 1. The largest absolute Gasteiger partial charge is 0.497 e. The van der Waals surface area contributed by atoms with E-state index in [2.05, 4.69) is 5.32 Å². The molecule has 1 aromatic rings. The standard InChI is InChI=1S/C17H23NO4/c1-17(2)9-15(14(11-22-17)16(19)21-4)18-10-12-5-7-13(20-3)8-6-12/h5-8,18H,9-11H2,1-4H3. The first-order valence-corrected chi connectivity index (χ1v) is 7.26. The fourth-order valence-corrected chi connectivity index (χ4v) is 2.36. The monoisotopic (exact) mass is 305 g/mol. The predicted octanol–water partition coefficient (Wildman–Crippen LogP) is 2.41. The fraction of sp³-hybridized carbons (Fsp3) is 0.471. The van der Waals surface area contributed by atoms with Crippen LogP contribution >= 0.6 is 0 Å². The lowest BCUT2D eigenvalue weighted by molar-refractivity contribution is -0.138.